The van der Waals surface area contributed by atoms with Gasteiger partial charge < -0.3 is 19.3 Å². The summed E-state index contributed by atoms with van der Waals surface area (Å²) in [6.45, 7) is 1.96. The van der Waals surface area contributed by atoms with E-state index in [4.69, 9.17) is 26.4 Å². The topological polar surface area (TPSA) is 85.3 Å². The van der Waals surface area contributed by atoms with Crippen molar-refractivity contribution in [3.05, 3.63) is 22.6 Å². The van der Waals surface area contributed by atoms with Crippen LogP contribution in [0.5, 0.6) is 17.2 Å². The molecule has 1 atom stereocenters. The third-order valence-electron chi connectivity index (χ3n) is 4.27. The predicted molar refractivity (Wildman–Crippen MR) is 112 cm³/mol. The zero-order chi connectivity index (χ0) is 20.8. The van der Waals surface area contributed by atoms with Gasteiger partial charge in [-0.05, 0) is 24.6 Å². The normalized spacial score (nSPS) is 16.4. The smallest absolute Gasteiger partial charge is 0.326 e. The van der Waals surface area contributed by atoms with Gasteiger partial charge in [0.15, 0.2) is 11.5 Å². The number of carboxylic acid groups (broad SMARTS) is 1. The number of methoxy groups -OCH3 is 3. The van der Waals surface area contributed by atoms with Crippen LogP contribution in [0.3, 0.4) is 0 Å². The Morgan fingerprint density at radius 1 is 1.25 bits per heavy atom. The van der Waals surface area contributed by atoms with Crippen LogP contribution in [0.2, 0.25) is 0 Å². The fourth-order valence-electron chi connectivity index (χ4n) is 2.89. The average molecular weight is 426 g/mol. The van der Waals surface area contributed by atoms with Crippen molar-refractivity contribution in [3.8, 4) is 17.2 Å². The van der Waals surface area contributed by atoms with E-state index in [1.807, 2.05) is 6.92 Å². The number of nitrogens with zero attached hydrogens (tertiary/aromatic N) is 1. The molecule has 0 saturated carbocycles. The number of carbonyl (C=O) groups is 2. The number of rotatable bonds is 9. The second-order valence-corrected chi connectivity index (χ2v) is 7.65. The van der Waals surface area contributed by atoms with Crippen molar-refractivity contribution >= 4 is 46.3 Å². The minimum absolute atomic E-state index is 0.235. The highest BCUT2D eigenvalue weighted by Crippen LogP contribution is 2.42. The Morgan fingerprint density at radius 3 is 2.46 bits per heavy atom. The lowest BCUT2D eigenvalue weighted by Crippen LogP contribution is -2.43. The van der Waals surface area contributed by atoms with E-state index in [1.54, 1.807) is 18.2 Å². The third kappa shape index (κ3) is 4.41. The van der Waals surface area contributed by atoms with Crippen LogP contribution in [0.1, 0.15) is 31.7 Å². The van der Waals surface area contributed by atoms with E-state index in [9.17, 15) is 14.7 Å². The average Bonchev–Trinajstić information content (AvgIpc) is 2.95. The number of carboxylic acids is 1. The van der Waals surface area contributed by atoms with Gasteiger partial charge in [-0.2, -0.15) is 0 Å². The number of carbonyl (C=O) groups excluding carboxylic acids is 1. The van der Waals surface area contributed by atoms with Crippen LogP contribution in [-0.2, 0) is 9.59 Å². The Morgan fingerprint density at radius 2 is 1.93 bits per heavy atom. The van der Waals surface area contributed by atoms with Crippen LogP contribution >= 0.6 is 24.0 Å². The minimum Gasteiger partial charge on any atom is -0.493 e. The second-order valence-electron chi connectivity index (χ2n) is 5.97. The first kappa shape index (κ1) is 22.0. The number of thiocarbonyl (C=S) groups is 1. The molecular weight excluding hydrogens is 402 g/mol. The van der Waals surface area contributed by atoms with Gasteiger partial charge in [-0.3, -0.25) is 9.69 Å². The number of hydrogen-bond donors (Lipinski definition) is 1. The van der Waals surface area contributed by atoms with Gasteiger partial charge in [0, 0.05) is 5.56 Å². The molecule has 1 aliphatic rings. The van der Waals surface area contributed by atoms with Crippen molar-refractivity contribution in [1.82, 2.24) is 4.90 Å². The summed E-state index contributed by atoms with van der Waals surface area (Å²) in [6, 6.07) is 2.47. The largest absolute Gasteiger partial charge is 0.493 e. The van der Waals surface area contributed by atoms with Gasteiger partial charge in [0.1, 0.15) is 10.4 Å². The number of amides is 1. The van der Waals surface area contributed by atoms with Crippen LogP contribution in [0.15, 0.2) is 17.0 Å². The van der Waals surface area contributed by atoms with Crippen LogP contribution in [0.25, 0.3) is 6.08 Å². The maximum absolute atomic E-state index is 12.9. The first-order valence-corrected chi connectivity index (χ1v) is 9.90. The zero-order valence-corrected chi connectivity index (χ0v) is 17.8. The lowest BCUT2D eigenvalue weighted by atomic mass is 10.1. The summed E-state index contributed by atoms with van der Waals surface area (Å²) in [7, 11) is 4.50. The summed E-state index contributed by atoms with van der Waals surface area (Å²) in [5, 5.41) is 9.55. The van der Waals surface area contributed by atoms with Gasteiger partial charge in [0.05, 0.1) is 26.2 Å². The molecule has 0 bridgehead atoms. The van der Waals surface area contributed by atoms with Gasteiger partial charge in [0.2, 0.25) is 5.75 Å². The molecule has 1 saturated heterocycles. The van der Waals surface area contributed by atoms with E-state index in [0.717, 1.165) is 18.2 Å². The van der Waals surface area contributed by atoms with Crippen molar-refractivity contribution in [2.45, 2.75) is 32.2 Å². The summed E-state index contributed by atoms with van der Waals surface area (Å²) in [4.78, 5) is 26.1. The SMILES string of the molecule is CCCCC(C(=O)O)N1C(=O)/C(=C/c2ccc(OC)c(OC)c2OC)SC1=S. The predicted octanol–water partition coefficient (Wildman–Crippen LogP) is 3.56. The molecule has 1 aromatic rings. The Balaban J connectivity index is 2.42. The number of aliphatic carboxylic acids is 1. The number of unbranched alkanes of at least 4 members (excludes halogenated alkanes) is 1. The molecule has 1 heterocycles. The third-order valence-corrected chi connectivity index (χ3v) is 5.60. The number of ether oxygens (including phenoxy) is 3. The Labute approximate surface area is 173 Å². The van der Waals surface area contributed by atoms with Gasteiger partial charge in [-0.25, -0.2) is 4.79 Å². The van der Waals surface area contributed by atoms with E-state index in [0.29, 0.717) is 40.6 Å². The molecule has 2 rings (SSSR count). The zero-order valence-electron chi connectivity index (χ0n) is 16.2. The Kier molecular flexibility index (Phi) is 7.70. The molecule has 1 aliphatic heterocycles. The maximum atomic E-state index is 12.9. The fourth-order valence-corrected chi connectivity index (χ4v) is 4.24. The molecule has 0 radical (unpaired) electrons. The molecule has 152 valence electrons. The standard InChI is InChI=1S/C19H23NO6S2/c1-5-6-7-12(18(22)23)20-17(21)14(28-19(20)27)10-11-8-9-13(24-2)16(26-4)15(11)25-3/h8-10,12H,5-7H2,1-4H3,(H,22,23)/b14-10-. The van der Waals surface area contributed by atoms with Crippen LogP contribution in [-0.4, -0.2) is 53.6 Å². The van der Waals surface area contributed by atoms with Crippen LogP contribution in [0.4, 0.5) is 0 Å². The monoisotopic (exact) mass is 425 g/mol. The second kappa shape index (κ2) is 9.79. The summed E-state index contributed by atoms with van der Waals surface area (Å²) < 4.78 is 16.3. The van der Waals surface area contributed by atoms with E-state index in [1.165, 1.54) is 26.2 Å². The van der Waals surface area contributed by atoms with Crippen LogP contribution in [0, 0.1) is 0 Å². The maximum Gasteiger partial charge on any atom is 0.326 e. The van der Waals surface area contributed by atoms with E-state index < -0.39 is 17.9 Å². The molecule has 1 fully saturated rings. The first-order chi connectivity index (χ1) is 13.4. The van der Waals surface area contributed by atoms with Crippen molar-refractivity contribution < 1.29 is 28.9 Å². The van der Waals surface area contributed by atoms with Crippen molar-refractivity contribution in [2.75, 3.05) is 21.3 Å². The van der Waals surface area contributed by atoms with Crippen molar-refractivity contribution in [3.63, 3.8) is 0 Å². The van der Waals surface area contributed by atoms with Gasteiger partial charge >= 0.3 is 5.97 Å². The molecule has 28 heavy (non-hydrogen) atoms. The lowest BCUT2D eigenvalue weighted by molar-refractivity contribution is -0.145. The Hall–Kier alpha value is -2.26. The van der Waals surface area contributed by atoms with Gasteiger partial charge in [0.25, 0.3) is 5.91 Å². The van der Waals surface area contributed by atoms with Gasteiger partial charge in [-0.1, -0.05) is 43.7 Å². The lowest BCUT2D eigenvalue weighted by Gasteiger charge is -2.22. The van der Waals surface area contributed by atoms with E-state index in [2.05, 4.69) is 0 Å². The molecule has 7 nitrogen and oxygen atoms in total. The van der Waals surface area contributed by atoms with E-state index in [-0.39, 0.29) is 4.32 Å². The van der Waals surface area contributed by atoms with Gasteiger partial charge in [-0.15, -0.1) is 0 Å². The molecule has 0 spiro atoms. The summed E-state index contributed by atoms with van der Waals surface area (Å²) in [5.41, 5.74) is 0.598. The van der Waals surface area contributed by atoms with Crippen molar-refractivity contribution in [2.24, 2.45) is 0 Å². The summed E-state index contributed by atoms with van der Waals surface area (Å²) >= 11 is 6.37. The van der Waals surface area contributed by atoms with Crippen molar-refractivity contribution in [1.29, 1.82) is 0 Å². The molecular formula is C19H23NO6S2. The molecule has 1 aromatic carbocycles. The molecule has 1 amide bonds. The van der Waals surface area contributed by atoms with Crippen LogP contribution < -0.4 is 14.2 Å². The molecule has 0 aromatic heterocycles. The highest BCUT2D eigenvalue weighted by molar-refractivity contribution is 8.26. The van der Waals surface area contributed by atoms with E-state index >= 15 is 0 Å². The molecule has 0 aliphatic carbocycles. The number of benzene rings is 1. The summed E-state index contributed by atoms with van der Waals surface area (Å²) in [6.07, 6.45) is 3.50. The molecule has 1 unspecified atom stereocenters. The quantitative estimate of drug-likeness (QED) is 0.475. The highest BCUT2D eigenvalue weighted by Gasteiger charge is 2.40. The fraction of sp³-hybridized carbons (Fsp3) is 0.421. The molecule has 1 N–H and O–H groups in total. The number of hydrogen-bond acceptors (Lipinski definition) is 7. The summed E-state index contributed by atoms with van der Waals surface area (Å²) in [5.74, 6) is -0.173. The first-order valence-electron chi connectivity index (χ1n) is 8.68. The number of thioether (sulfide) groups is 1. The highest BCUT2D eigenvalue weighted by atomic mass is 32.2. The Bertz CT molecular complexity index is 808. The molecule has 9 heteroatoms. The minimum atomic E-state index is -1.06.